The van der Waals surface area contributed by atoms with Gasteiger partial charge in [-0.15, -0.1) is 0 Å². The van der Waals surface area contributed by atoms with Crippen molar-refractivity contribution in [3.8, 4) is 0 Å². The maximum Gasteiger partial charge on any atom is 0.251 e. The van der Waals surface area contributed by atoms with Gasteiger partial charge in [-0.25, -0.2) is 4.98 Å². The van der Waals surface area contributed by atoms with Crippen molar-refractivity contribution in [2.45, 2.75) is 40.5 Å². The third-order valence-electron chi connectivity index (χ3n) is 3.34. The lowest BCUT2D eigenvalue weighted by molar-refractivity contribution is 0.0944. The molecular weight excluding hydrogens is 260 g/mol. The lowest BCUT2D eigenvalue weighted by Crippen LogP contribution is -2.30. The molecule has 1 aromatic heterocycles. The van der Waals surface area contributed by atoms with Gasteiger partial charge in [0.05, 0.1) is 0 Å². The first kappa shape index (κ1) is 16.0. The second-order valence-corrected chi connectivity index (χ2v) is 5.74. The van der Waals surface area contributed by atoms with Gasteiger partial charge in [0, 0.05) is 17.8 Å². The van der Waals surface area contributed by atoms with Gasteiger partial charge < -0.3 is 5.32 Å². The summed E-state index contributed by atoms with van der Waals surface area (Å²) in [4.78, 5) is 16.3. The van der Waals surface area contributed by atoms with Gasteiger partial charge in [0.25, 0.3) is 5.91 Å². The molecule has 106 valence electrons. The minimum Gasteiger partial charge on any atom is -0.352 e. The van der Waals surface area contributed by atoms with E-state index in [1.54, 1.807) is 6.07 Å². The van der Waals surface area contributed by atoms with Crippen LogP contribution in [-0.2, 0) is 6.42 Å². The number of nitrogens with zero attached hydrogens (tertiary/aromatic N) is 1. The van der Waals surface area contributed by atoms with E-state index in [-0.39, 0.29) is 5.91 Å². The van der Waals surface area contributed by atoms with Crippen molar-refractivity contribution in [1.29, 1.82) is 0 Å². The maximum absolute atomic E-state index is 12.1. The van der Waals surface area contributed by atoms with E-state index in [9.17, 15) is 4.79 Å². The van der Waals surface area contributed by atoms with Gasteiger partial charge in [0.15, 0.2) is 0 Å². The van der Waals surface area contributed by atoms with Gasteiger partial charge in [-0.2, -0.15) is 0 Å². The van der Waals surface area contributed by atoms with Crippen LogP contribution in [0, 0.1) is 11.8 Å². The smallest absolute Gasteiger partial charge is 0.251 e. The number of pyridine rings is 1. The number of amides is 1. The molecule has 1 rings (SSSR count). The number of carbonyl (C=O) groups excluding carboxylic acids is 1. The van der Waals surface area contributed by atoms with E-state index >= 15 is 0 Å². The molecule has 0 radical (unpaired) electrons. The Kier molecular flexibility index (Phi) is 6.29. The van der Waals surface area contributed by atoms with Crippen molar-refractivity contribution in [3.63, 3.8) is 0 Å². The Morgan fingerprint density at radius 1 is 1.37 bits per heavy atom. The van der Waals surface area contributed by atoms with Crippen LogP contribution in [0.1, 0.15) is 50.2 Å². The number of carbonyl (C=O) groups is 1. The van der Waals surface area contributed by atoms with Crippen LogP contribution in [0.2, 0.25) is 5.15 Å². The third-order valence-corrected chi connectivity index (χ3v) is 3.53. The molecule has 3 nitrogen and oxygen atoms in total. The van der Waals surface area contributed by atoms with E-state index in [0.717, 1.165) is 18.5 Å². The van der Waals surface area contributed by atoms with Crippen molar-refractivity contribution in [1.82, 2.24) is 10.3 Å². The van der Waals surface area contributed by atoms with Crippen LogP contribution in [0.3, 0.4) is 0 Å². The zero-order valence-electron chi connectivity index (χ0n) is 12.2. The highest BCUT2D eigenvalue weighted by Crippen LogP contribution is 2.13. The first-order valence-electron chi connectivity index (χ1n) is 6.88. The fourth-order valence-electron chi connectivity index (χ4n) is 1.66. The Morgan fingerprint density at radius 3 is 2.63 bits per heavy atom. The number of rotatable bonds is 6. The Balaban J connectivity index is 2.71. The monoisotopic (exact) mass is 282 g/mol. The molecule has 1 aromatic rings. The molecule has 1 heterocycles. The van der Waals surface area contributed by atoms with E-state index in [1.807, 2.05) is 6.07 Å². The first-order valence-corrected chi connectivity index (χ1v) is 7.26. The highest BCUT2D eigenvalue weighted by Gasteiger charge is 2.12. The highest BCUT2D eigenvalue weighted by atomic mass is 35.5. The summed E-state index contributed by atoms with van der Waals surface area (Å²) in [6, 6.07) is 3.45. The minimum atomic E-state index is -0.0749. The molecule has 1 atom stereocenters. The maximum atomic E-state index is 12.1. The average Bonchev–Trinajstić information content (AvgIpc) is 2.35. The summed E-state index contributed by atoms with van der Waals surface area (Å²) >= 11 is 5.95. The lowest BCUT2D eigenvalue weighted by Gasteiger charge is -2.16. The molecule has 4 heteroatoms. The molecule has 0 fully saturated rings. The molecule has 1 N–H and O–H groups in total. The quantitative estimate of drug-likeness (QED) is 0.808. The average molecular weight is 283 g/mol. The zero-order valence-corrected chi connectivity index (χ0v) is 12.9. The third kappa shape index (κ3) is 5.19. The summed E-state index contributed by atoms with van der Waals surface area (Å²) in [6.45, 7) is 9.19. The molecule has 0 aliphatic carbocycles. The van der Waals surface area contributed by atoms with Crippen LogP contribution >= 0.6 is 11.6 Å². The van der Waals surface area contributed by atoms with Crippen molar-refractivity contribution < 1.29 is 4.79 Å². The predicted molar refractivity (Wildman–Crippen MR) is 79.6 cm³/mol. The van der Waals surface area contributed by atoms with Gasteiger partial charge in [-0.1, -0.05) is 45.7 Å². The van der Waals surface area contributed by atoms with Crippen LogP contribution < -0.4 is 5.32 Å². The summed E-state index contributed by atoms with van der Waals surface area (Å²) in [5.74, 6) is 0.933. The van der Waals surface area contributed by atoms with Gasteiger partial charge in [0.2, 0.25) is 0 Å². The molecule has 0 aromatic carbocycles. The standard InChI is InChI=1S/C15H23ClN2O/c1-5-6-13-7-12(8-14(16)18-13)15(19)17-9-11(4)10(2)3/h7-8,10-11H,5-6,9H2,1-4H3,(H,17,19). The molecular formula is C15H23ClN2O. The molecule has 0 saturated carbocycles. The van der Waals surface area contributed by atoms with Gasteiger partial charge in [-0.05, 0) is 30.4 Å². The largest absolute Gasteiger partial charge is 0.352 e. The normalized spacial score (nSPS) is 12.5. The molecule has 0 aliphatic rings. The molecule has 0 bridgehead atoms. The SMILES string of the molecule is CCCc1cc(C(=O)NCC(C)C(C)C)cc(Cl)n1. The number of hydrogen-bond acceptors (Lipinski definition) is 2. The molecule has 19 heavy (non-hydrogen) atoms. The molecule has 0 aliphatic heterocycles. The molecule has 1 unspecified atom stereocenters. The van der Waals surface area contributed by atoms with Gasteiger partial charge in [0.1, 0.15) is 5.15 Å². The van der Waals surface area contributed by atoms with Gasteiger partial charge in [-0.3, -0.25) is 4.79 Å². The second kappa shape index (κ2) is 7.49. The predicted octanol–water partition coefficient (Wildman–Crippen LogP) is 3.71. The number of hydrogen-bond donors (Lipinski definition) is 1. The van der Waals surface area contributed by atoms with E-state index < -0.39 is 0 Å². The van der Waals surface area contributed by atoms with E-state index in [1.165, 1.54) is 0 Å². The number of aryl methyl sites for hydroxylation is 1. The summed E-state index contributed by atoms with van der Waals surface area (Å²) in [5.41, 5.74) is 1.47. The number of aromatic nitrogens is 1. The Hall–Kier alpha value is -1.09. The second-order valence-electron chi connectivity index (χ2n) is 5.35. The van der Waals surface area contributed by atoms with Crippen LogP contribution in [-0.4, -0.2) is 17.4 Å². The highest BCUT2D eigenvalue weighted by molar-refractivity contribution is 6.29. The summed E-state index contributed by atoms with van der Waals surface area (Å²) in [7, 11) is 0. The Bertz CT molecular complexity index is 432. The molecule has 0 saturated heterocycles. The van der Waals surface area contributed by atoms with E-state index in [2.05, 4.69) is 38.0 Å². The molecule has 0 spiro atoms. The number of nitrogens with one attached hydrogen (secondary N) is 1. The summed E-state index contributed by atoms with van der Waals surface area (Å²) in [5, 5.41) is 3.33. The Morgan fingerprint density at radius 2 is 2.05 bits per heavy atom. The van der Waals surface area contributed by atoms with Crippen molar-refractivity contribution >= 4 is 17.5 Å². The number of halogens is 1. The van der Waals surface area contributed by atoms with Crippen LogP contribution in [0.5, 0.6) is 0 Å². The van der Waals surface area contributed by atoms with Crippen LogP contribution in [0.15, 0.2) is 12.1 Å². The zero-order chi connectivity index (χ0) is 14.4. The fraction of sp³-hybridized carbons (Fsp3) is 0.600. The van der Waals surface area contributed by atoms with Crippen LogP contribution in [0.4, 0.5) is 0 Å². The van der Waals surface area contributed by atoms with E-state index in [0.29, 0.717) is 29.1 Å². The summed E-state index contributed by atoms with van der Waals surface area (Å²) < 4.78 is 0. The Labute approximate surface area is 120 Å². The van der Waals surface area contributed by atoms with Crippen LogP contribution in [0.25, 0.3) is 0 Å². The minimum absolute atomic E-state index is 0.0749. The lowest BCUT2D eigenvalue weighted by atomic mass is 9.98. The summed E-state index contributed by atoms with van der Waals surface area (Å²) in [6.07, 6.45) is 1.82. The van der Waals surface area contributed by atoms with Crippen molar-refractivity contribution in [2.75, 3.05) is 6.54 Å². The topological polar surface area (TPSA) is 42.0 Å². The van der Waals surface area contributed by atoms with E-state index in [4.69, 9.17) is 11.6 Å². The first-order chi connectivity index (χ1) is 8.93. The van der Waals surface area contributed by atoms with Gasteiger partial charge >= 0.3 is 0 Å². The van der Waals surface area contributed by atoms with Crippen molar-refractivity contribution in [2.24, 2.45) is 11.8 Å². The molecule has 1 amide bonds. The fourth-order valence-corrected chi connectivity index (χ4v) is 1.88. The van der Waals surface area contributed by atoms with Crippen molar-refractivity contribution in [3.05, 3.63) is 28.5 Å².